The molecule has 17 heavy (non-hydrogen) atoms. The third-order valence-electron chi connectivity index (χ3n) is 3.08. The van der Waals surface area contributed by atoms with Crippen LogP contribution in [0, 0.1) is 5.92 Å². The van der Waals surface area contributed by atoms with E-state index in [-0.39, 0.29) is 6.61 Å². The SMILES string of the molecule is OCc1cn(CC2CC2)nc1-c1cccnc1. The molecular weight excluding hydrogens is 214 g/mol. The van der Waals surface area contributed by atoms with Gasteiger partial charge in [-0.25, -0.2) is 0 Å². The molecule has 0 amide bonds. The van der Waals surface area contributed by atoms with Crippen molar-refractivity contribution in [1.29, 1.82) is 0 Å². The second-order valence-corrected chi connectivity index (χ2v) is 4.57. The largest absolute Gasteiger partial charge is 0.392 e. The summed E-state index contributed by atoms with van der Waals surface area (Å²) < 4.78 is 1.95. The van der Waals surface area contributed by atoms with Gasteiger partial charge in [0.2, 0.25) is 0 Å². The molecule has 0 spiro atoms. The smallest absolute Gasteiger partial charge is 0.0993 e. The summed E-state index contributed by atoms with van der Waals surface area (Å²) in [7, 11) is 0. The summed E-state index contributed by atoms with van der Waals surface area (Å²) in [5.74, 6) is 0.781. The molecule has 1 aliphatic carbocycles. The molecule has 2 heterocycles. The fourth-order valence-corrected chi connectivity index (χ4v) is 1.98. The number of nitrogens with zero attached hydrogens (tertiary/aromatic N) is 3. The van der Waals surface area contributed by atoms with Gasteiger partial charge in [-0.05, 0) is 30.9 Å². The Bertz CT molecular complexity index is 503. The van der Waals surface area contributed by atoms with Crippen LogP contribution >= 0.6 is 0 Å². The number of rotatable bonds is 4. The maximum Gasteiger partial charge on any atom is 0.0993 e. The van der Waals surface area contributed by atoms with Crippen molar-refractivity contribution in [2.75, 3.05) is 0 Å². The van der Waals surface area contributed by atoms with Gasteiger partial charge in [-0.2, -0.15) is 5.10 Å². The first-order valence-corrected chi connectivity index (χ1v) is 5.94. The van der Waals surface area contributed by atoms with Crippen molar-refractivity contribution in [2.45, 2.75) is 26.0 Å². The van der Waals surface area contributed by atoms with Crippen molar-refractivity contribution in [1.82, 2.24) is 14.8 Å². The van der Waals surface area contributed by atoms with E-state index in [2.05, 4.69) is 10.1 Å². The topological polar surface area (TPSA) is 50.9 Å². The Morgan fingerprint density at radius 2 is 2.29 bits per heavy atom. The first kappa shape index (κ1) is 10.5. The Morgan fingerprint density at radius 3 is 2.94 bits per heavy atom. The van der Waals surface area contributed by atoms with E-state index in [0.29, 0.717) is 0 Å². The van der Waals surface area contributed by atoms with Crippen LogP contribution in [0.5, 0.6) is 0 Å². The first-order chi connectivity index (χ1) is 8.36. The molecule has 0 aromatic carbocycles. The molecule has 2 aromatic rings. The molecule has 4 heteroatoms. The van der Waals surface area contributed by atoms with Crippen molar-refractivity contribution >= 4 is 0 Å². The number of hydrogen-bond donors (Lipinski definition) is 1. The molecule has 0 aliphatic heterocycles. The lowest BCUT2D eigenvalue weighted by atomic mass is 10.1. The molecule has 0 atom stereocenters. The van der Waals surface area contributed by atoms with Crippen molar-refractivity contribution in [2.24, 2.45) is 5.92 Å². The third kappa shape index (κ3) is 2.22. The van der Waals surface area contributed by atoms with E-state index >= 15 is 0 Å². The summed E-state index contributed by atoms with van der Waals surface area (Å²) >= 11 is 0. The lowest BCUT2D eigenvalue weighted by Gasteiger charge is -1.98. The third-order valence-corrected chi connectivity index (χ3v) is 3.08. The Kier molecular flexibility index (Phi) is 2.65. The predicted octanol–water partition coefficient (Wildman–Crippen LogP) is 1.85. The normalized spacial score (nSPS) is 15.1. The van der Waals surface area contributed by atoms with Crippen LogP contribution in [0.15, 0.2) is 30.7 Å². The number of aliphatic hydroxyl groups excluding tert-OH is 1. The van der Waals surface area contributed by atoms with Crippen molar-refractivity contribution < 1.29 is 5.11 Å². The minimum atomic E-state index is 0.0227. The Labute approximate surface area is 99.9 Å². The highest BCUT2D eigenvalue weighted by Gasteiger charge is 2.23. The minimum absolute atomic E-state index is 0.0227. The highest BCUT2D eigenvalue weighted by Crippen LogP contribution is 2.31. The highest BCUT2D eigenvalue weighted by molar-refractivity contribution is 5.61. The molecule has 1 fully saturated rings. The van der Waals surface area contributed by atoms with Gasteiger partial charge in [0.15, 0.2) is 0 Å². The monoisotopic (exact) mass is 229 g/mol. The summed E-state index contributed by atoms with van der Waals surface area (Å²) in [4.78, 5) is 4.09. The fraction of sp³-hybridized carbons (Fsp3) is 0.385. The van der Waals surface area contributed by atoms with Crippen molar-refractivity contribution in [3.05, 3.63) is 36.3 Å². The molecule has 1 aliphatic rings. The van der Waals surface area contributed by atoms with E-state index in [1.165, 1.54) is 12.8 Å². The van der Waals surface area contributed by atoms with Crippen LogP contribution in [0.1, 0.15) is 18.4 Å². The number of pyridine rings is 1. The van der Waals surface area contributed by atoms with E-state index in [0.717, 1.165) is 29.3 Å². The Hall–Kier alpha value is -1.68. The van der Waals surface area contributed by atoms with Crippen LogP contribution in [-0.4, -0.2) is 19.9 Å². The van der Waals surface area contributed by atoms with Gasteiger partial charge in [0.25, 0.3) is 0 Å². The summed E-state index contributed by atoms with van der Waals surface area (Å²) in [5.41, 5.74) is 2.69. The molecule has 88 valence electrons. The predicted molar refractivity (Wildman–Crippen MR) is 64.1 cm³/mol. The lowest BCUT2D eigenvalue weighted by Crippen LogP contribution is -2.00. The molecule has 0 radical (unpaired) electrons. The van der Waals surface area contributed by atoms with Gasteiger partial charge in [0, 0.05) is 36.3 Å². The minimum Gasteiger partial charge on any atom is -0.392 e. The molecular formula is C13H15N3O. The van der Waals surface area contributed by atoms with E-state index in [9.17, 15) is 5.11 Å². The van der Waals surface area contributed by atoms with E-state index < -0.39 is 0 Å². The van der Waals surface area contributed by atoms with Crippen LogP contribution in [-0.2, 0) is 13.2 Å². The van der Waals surface area contributed by atoms with Gasteiger partial charge in [-0.15, -0.1) is 0 Å². The van der Waals surface area contributed by atoms with Crippen LogP contribution in [0.4, 0.5) is 0 Å². The van der Waals surface area contributed by atoms with Crippen LogP contribution < -0.4 is 0 Å². The standard InChI is InChI=1S/C13H15N3O/c17-9-12-8-16(7-10-3-4-10)15-13(12)11-2-1-5-14-6-11/h1-2,5-6,8,10,17H,3-4,7,9H2. The van der Waals surface area contributed by atoms with Gasteiger partial charge >= 0.3 is 0 Å². The Morgan fingerprint density at radius 1 is 1.41 bits per heavy atom. The van der Waals surface area contributed by atoms with E-state index in [4.69, 9.17) is 0 Å². The van der Waals surface area contributed by atoms with Crippen LogP contribution in [0.2, 0.25) is 0 Å². The molecule has 2 aromatic heterocycles. The first-order valence-electron chi connectivity index (χ1n) is 5.94. The highest BCUT2D eigenvalue weighted by atomic mass is 16.3. The van der Waals surface area contributed by atoms with Crippen LogP contribution in [0.3, 0.4) is 0 Å². The van der Waals surface area contributed by atoms with Gasteiger partial charge < -0.3 is 5.11 Å². The maximum absolute atomic E-state index is 9.37. The molecule has 0 unspecified atom stereocenters. The number of hydrogen-bond acceptors (Lipinski definition) is 3. The average molecular weight is 229 g/mol. The zero-order valence-corrected chi connectivity index (χ0v) is 9.58. The second-order valence-electron chi connectivity index (χ2n) is 4.57. The van der Waals surface area contributed by atoms with Gasteiger partial charge in [0.1, 0.15) is 0 Å². The average Bonchev–Trinajstić information content (AvgIpc) is 3.08. The zero-order chi connectivity index (χ0) is 11.7. The van der Waals surface area contributed by atoms with Crippen LogP contribution in [0.25, 0.3) is 11.3 Å². The molecule has 0 bridgehead atoms. The summed E-state index contributed by atoms with van der Waals surface area (Å²) in [6.45, 7) is 0.988. The maximum atomic E-state index is 9.37. The van der Waals surface area contributed by atoms with Crippen molar-refractivity contribution in [3.63, 3.8) is 0 Å². The molecule has 4 nitrogen and oxygen atoms in total. The second kappa shape index (κ2) is 4.30. The molecule has 0 saturated heterocycles. The van der Waals surface area contributed by atoms with Gasteiger partial charge in [0.05, 0.1) is 12.3 Å². The fourth-order valence-electron chi connectivity index (χ4n) is 1.98. The Balaban J connectivity index is 1.94. The molecule has 1 saturated carbocycles. The summed E-state index contributed by atoms with van der Waals surface area (Å²) in [6, 6.07) is 3.85. The quantitative estimate of drug-likeness (QED) is 0.870. The summed E-state index contributed by atoms with van der Waals surface area (Å²) in [6.07, 6.45) is 8.07. The summed E-state index contributed by atoms with van der Waals surface area (Å²) in [5, 5.41) is 13.9. The number of aliphatic hydroxyl groups is 1. The molecule has 3 rings (SSSR count). The van der Waals surface area contributed by atoms with Gasteiger partial charge in [-0.3, -0.25) is 9.67 Å². The van der Waals surface area contributed by atoms with Gasteiger partial charge in [-0.1, -0.05) is 0 Å². The van der Waals surface area contributed by atoms with Crippen molar-refractivity contribution in [3.8, 4) is 11.3 Å². The van der Waals surface area contributed by atoms with E-state index in [1.807, 2.05) is 23.0 Å². The lowest BCUT2D eigenvalue weighted by molar-refractivity contribution is 0.282. The number of aromatic nitrogens is 3. The van der Waals surface area contributed by atoms with E-state index in [1.54, 1.807) is 12.4 Å². The zero-order valence-electron chi connectivity index (χ0n) is 9.58. The molecule has 1 N–H and O–H groups in total.